The summed E-state index contributed by atoms with van der Waals surface area (Å²) in [6, 6.07) is 0. The molecule has 0 aliphatic heterocycles. The van der Waals surface area contributed by atoms with Crippen LogP contribution in [0.15, 0.2) is 12.2 Å². The molecule has 0 rings (SSSR count). The Morgan fingerprint density at radius 3 is 1.78 bits per heavy atom. The monoisotopic (exact) mass is 132 g/mol. The van der Waals surface area contributed by atoms with Gasteiger partial charge in [0.1, 0.15) is 0 Å². The lowest BCUT2D eigenvalue weighted by Crippen LogP contribution is -1.98. The molecule has 0 bridgehead atoms. The molecule has 0 atom stereocenters. The van der Waals surface area contributed by atoms with Crippen LogP contribution in [0.1, 0.15) is 21.8 Å². The van der Waals surface area contributed by atoms with E-state index in [0.717, 1.165) is 0 Å². The van der Waals surface area contributed by atoms with Crippen molar-refractivity contribution in [2.24, 2.45) is 0 Å². The third-order valence-electron chi connectivity index (χ3n) is 0.534. The Kier molecular flexibility index (Phi) is 12.6. The van der Waals surface area contributed by atoms with Crippen LogP contribution in [0.2, 0.25) is 0 Å². The van der Waals surface area contributed by atoms with E-state index in [1.165, 1.54) is 7.11 Å². The molecular formula is C7H16O2. The van der Waals surface area contributed by atoms with E-state index in [4.69, 9.17) is 0 Å². The molecule has 0 N–H and O–H groups in total. The van der Waals surface area contributed by atoms with E-state index in [1.807, 2.05) is 0 Å². The molecule has 0 fully saturated rings. The van der Waals surface area contributed by atoms with Gasteiger partial charge in [-0.3, -0.25) is 0 Å². The standard InChI is InChI=1S/C5H8O2.2CH4/c1-4(2)5(6)7-3;;/h1H2,2-3H3;2*1H4. The fourth-order valence-corrected chi connectivity index (χ4v) is 0.174. The predicted octanol–water partition coefficient (Wildman–Crippen LogP) is 2.01. The van der Waals surface area contributed by atoms with Gasteiger partial charge in [0.25, 0.3) is 0 Å². The van der Waals surface area contributed by atoms with Crippen molar-refractivity contribution in [1.29, 1.82) is 0 Å². The van der Waals surface area contributed by atoms with Crippen LogP contribution in [0.3, 0.4) is 0 Å². The Bertz CT molecular complexity index is 95.1. The van der Waals surface area contributed by atoms with Crippen molar-refractivity contribution in [3.05, 3.63) is 12.2 Å². The van der Waals surface area contributed by atoms with Gasteiger partial charge in [0.05, 0.1) is 7.11 Å². The number of rotatable bonds is 1. The van der Waals surface area contributed by atoms with Crippen molar-refractivity contribution >= 4 is 5.97 Å². The number of hydrogen-bond donors (Lipinski definition) is 0. The summed E-state index contributed by atoms with van der Waals surface area (Å²) in [5, 5.41) is 0. The summed E-state index contributed by atoms with van der Waals surface area (Å²) in [6.07, 6.45) is 0. The van der Waals surface area contributed by atoms with E-state index in [9.17, 15) is 4.79 Å². The van der Waals surface area contributed by atoms with Gasteiger partial charge >= 0.3 is 5.97 Å². The molecule has 0 radical (unpaired) electrons. The first kappa shape index (κ1) is 15.7. The van der Waals surface area contributed by atoms with Crippen molar-refractivity contribution < 1.29 is 9.53 Å². The summed E-state index contributed by atoms with van der Waals surface area (Å²) in [4.78, 5) is 10.2. The van der Waals surface area contributed by atoms with Crippen molar-refractivity contribution in [3.63, 3.8) is 0 Å². The summed E-state index contributed by atoms with van der Waals surface area (Å²) in [7, 11) is 1.33. The molecule has 9 heavy (non-hydrogen) atoms. The van der Waals surface area contributed by atoms with Crippen LogP contribution in [-0.2, 0) is 9.53 Å². The summed E-state index contributed by atoms with van der Waals surface area (Å²) >= 11 is 0. The summed E-state index contributed by atoms with van der Waals surface area (Å²) in [6.45, 7) is 4.95. The van der Waals surface area contributed by atoms with Gasteiger partial charge < -0.3 is 4.74 Å². The van der Waals surface area contributed by atoms with Crippen LogP contribution in [0.5, 0.6) is 0 Å². The molecule has 2 nitrogen and oxygen atoms in total. The highest BCUT2D eigenvalue weighted by molar-refractivity contribution is 5.86. The van der Waals surface area contributed by atoms with E-state index in [0.29, 0.717) is 5.57 Å². The second-order valence-corrected chi connectivity index (χ2v) is 1.27. The Labute approximate surface area is 57.5 Å². The molecule has 0 aliphatic carbocycles. The molecule has 0 aromatic rings. The molecule has 2 heteroatoms. The highest BCUT2D eigenvalue weighted by Gasteiger charge is 1.95. The number of hydrogen-bond acceptors (Lipinski definition) is 2. The van der Waals surface area contributed by atoms with Crippen LogP contribution in [0.25, 0.3) is 0 Å². The maximum atomic E-state index is 10.2. The van der Waals surface area contributed by atoms with Gasteiger partial charge in [-0.05, 0) is 6.92 Å². The van der Waals surface area contributed by atoms with Gasteiger partial charge in [0, 0.05) is 5.57 Å². The molecule has 0 saturated carbocycles. The number of methoxy groups -OCH3 is 1. The Balaban J connectivity index is -0.000000180. The number of carbonyl (C=O) groups is 1. The summed E-state index contributed by atoms with van der Waals surface area (Å²) in [5.41, 5.74) is 0.433. The van der Waals surface area contributed by atoms with Crippen LogP contribution in [0, 0.1) is 0 Å². The zero-order valence-corrected chi connectivity index (χ0v) is 4.52. The third kappa shape index (κ3) is 7.21. The van der Waals surface area contributed by atoms with Gasteiger partial charge in [0.15, 0.2) is 0 Å². The average Bonchev–Trinajstić information content (AvgIpc) is 1.65. The van der Waals surface area contributed by atoms with Crippen LogP contribution < -0.4 is 0 Å². The van der Waals surface area contributed by atoms with Crippen LogP contribution >= 0.6 is 0 Å². The van der Waals surface area contributed by atoms with Gasteiger partial charge in [-0.2, -0.15) is 0 Å². The topological polar surface area (TPSA) is 26.3 Å². The molecule has 0 amide bonds. The first-order valence-corrected chi connectivity index (χ1v) is 1.92. The number of ether oxygens (including phenoxy) is 1. The number of esters is 1. The predicted molar refractivity (Wildman–Crippen MR) is 40.3 cm³/mol. The lowest BCUT2D eigenvalue weighted by Gasteiger charge is -1.91. The highest BCUT2D eigenvalue weighted by Crippen LogP contribution is 1.87. The zero-order valence-electron chi connectivity index (χ0n) is 4.52. The lowest BCUT2D eigenvalue weighted by molar-refractivity contribution is -0.136. The van der Waals surface area contributed by atoms with Crippen LogP contribution in [-0.4, -0.2) is 13.1 Å². The molecule has 0 spiro atoms. The van der Waals surface area contributed by atoms with Gasteiger partial charge in [-0.25, -0.2) is 4.79 Å². The van der Waals surface area contributed by atoms with Gasteiger partial charge in [-0.15, -0.1) is 0 Å². The van der Waals surface area contributed by atoms with Gasteiger partial charge in [-0.1, -0.05) is 21.4 Å². The fraction of sp³-hybridized carbons (Fsp3) is 0.571. The Morgan fingerprint density at radius 1 is 1.44 bits per heavy atom. The molecule has 0 heterocycles. The minimum absolute atomic E-state index is 0. The largest absolute Gasteiger partial charge is 0.466 e. The molecule has 0 aliphatic rings. The van der Waals surface area contributed by atoms with Crippen molar-refractivity contribution in [2.75, 3.05) is 7.11 Å². The van der Waals surface area contributed by atoms with Crippen molar-refractivity contribution in [3.8, 4) is 0 Å². The van der Waals surface area contributed by atoms with Crippen molar-refractivity contribution in [2.45, 2.75) is 21.8 Å². The molecule has 0 saturated heterocycles. The SMILES string of the molecule is C.C.C=C(C)C(=O)OC. The van der Waals surface area contributed by atoms with Gasteiger partial charge in [0.2, 0.25) is 0 Å². The van der Waals surface area contributed by atoms with E-state index in [2.05, 4.69) is 11.3 Å². The lowest BCUT2D eigenvalue weighted by atomic mass is 10.4. The second kappa shape index (κ2) is 7.21. The molecule has 56 valence electrons. The maximum absolute atomic E-state index is 10.2. The summed E-state index contributed by atoms with van der Waals surface area (Å²) in [5.74, 6) is -0.347. The second-order valence-electron chi connectivity index (χ2n) is 1.27. The Hall–Kier alpha value is -0.790. The summed E-state index contributed by atoms with van der Waals surface area (Å²) < 4.78 is 4.27. The molecule has 0 aromatic carbocycles. The number of carbonyl (C=O) groups excluding carboxylic acids is 1. The normalized spacial score (nSPS) is 6.00. The van der Waals surface area contributed by atoms with E-state index in [1.54, 1.807) is 6.92 Å². The van der Waals surface area contributed by atoms with Crippen LogP contribution in [0.4, 0.5) is 0 Å². The zero-order chi connectivity index (χ0) is 5.86. The minimum atomic E-state index is -0.347. The van der Waals surface area contributed by atoms with E-state index in [-0.39, 0.29) is 20.8 Å². The molecule has 0 unspecified atom stereocenters. The van der Waals surface area contributed by atoms with E-state index < -0.39 is 0 Å². The quantitative estimate of drug-likeness (QED) is 0.403. The molecular weight excluding hydrogens is 116 g/mol. The Morgan fingerprint density at radius 2 is 1.78 bits per heavy atom. The van der Waals surface area contributed by atoms with E-state index >= 15 is 0 Å². The third-order valence-corrected chi connectivity index (χ3v) is 0.534. The van der Waals surface area contributed by atoms with Crippen molar-refractivity contribution in [1.82, 2.24) is 0 Å². The average molecular weight is 132 g/mol. The molecule has 0 aromatic heterocycles. The minimum Gasteiger partial charge on any atom is -0.466 e. The highest BCUT2D eigenvalue weighted by atomic mass is 16.5. The first-order chi connectivity index (χ1) is 3.18. The fourth-order valence-electron chi connectivity index (χ4n) is 0.174. The smallest absolute Gasteiger partial charge is 0.332 e. The maximum Gasteiger partial charge on any atom is 0.332 e. The first-order valence-electron chi connectivity index (χ1n) is 1.92.